The zero-order chi connectivity index (χ0) is 15.0. The Kier molecular flexibility index (Phi) is 3.47. The van der Waals surface area contributed by atoms with Crippen LogP contribution in [0.5, 0.6) is 0 Å². The van der Waals surface area contributed by atoms with Crippen LogP contribution in [0.25, 0.3) is 10.4 Å². The van der Waals surface area contributed by atoms with Gasteiger partial charge in [-0.2, -0.15) is 0 Å². The van der Waals surface area contributed by atoms with Crippen LogP contribution in [-0.2, 0) is 10.4 Å². The normalized spacial score (nSPS) is 22.2. The molecule has 1 aliphatic heterocycles. The van der Waals surface area contributed by atoms with E-state index < -0.39 is 5.54 Å². The molecule has 0 bridgehead atoms. The number of aryl methyl sites for hydroxylation is 1. The molecular formula is C16H19N3OS. The predicted octanol–water partition coefficient (Wildman–Crippen LogP) is 3.13. The predicted molar refractivity (Wildman–Crippen MR) is 87.2 cm³/mol. The molecule has 2 N–H and O–H groups in total. The summed E-state index contributed by atoms with van der Waals surface area (Å²) in [6, 6.07) is 12.7. The fourth-order valence-electron chi connectivity index (χ4n) is 2.39. The highest BCUT2D eigenvalue weighted by atomic mass is 32.1. The Morgan fingerprint density at radius 1 is 1.33 bits per heavy atom. The van der Waals surface area contributed by atoms with E-state index in [0.717, 1.165) is 5.56 Å². The maximum absolute atomic E-state index is 5.90. The van der Waals surface area contributed by atoms with Crippen LogP contribution in [0.4, 0.5) is 0 Å². The minimum absolute atomic E-state index is 0.404. The van der Waals surface area contributed by atoms with E-state index in [1.165, 1.54) is 20.4 Å². The van der Waals surface area contributed by atoms with Crippen molar-refractivity contribution in [1.29, 1.82) is 0 Å². The molecule has 2 aromatic rings. The highest BCUT2D eigenvalue weighted by Gasteiger charge is 2.32. The first kappa shape index (κ1) is 14.1. The summed E-state index contributed by atoms with van der Waals surface area (Å²) in [4.78, 5) is 12.8. The summed E-state index contributed by atoms with van der Waals surface area (Å²) in [6.07, 6.45) is 0. The van der Waals surface area contributed by atoms with Gasteiger partial charge in [0.15, 0.2) is 0 Å². The molecule has 5 heteroatoms. The Bertz CT molecular complexity index is 694. The lowest BCUT2D eigenvalue weighted by Crippen LogP contribution is -2.45. The molecule has 0 saturated heterocycles. The molecule has 2 heterocycles. The van der Waals surface area contributed by atoms with E-state index in [-0.39, 0.29) is 0 Å². The topological polar surface area (TPSA) is 50.9 Å². The van der Waals surface area contributed by atoms with Crippen LogP contribution in [0.15, 0.2) is 41.4 Å². The van der Waals surface area contributed by atoms with Gasteiger partial charge in [-0.25, -0.2) is 10.1 Å². The smallest absolute Gasteiger partial charge is 0.216 e. The van der Waals surface area contributed by atoms with E-state index in [4.69, 9.17) is 10.6 Å². The van der Waals surface area contributed by atoms with Crippen LogP contribution in [-0.4, -0.2) is 24.7 Å². The Morgan fingerprint density at radius 3 is 2.81 bits per heavy atom. The third kappa shape index (κ3) is 2.66. The van der Waals surface area contributed by atoms with E-state index in [1.807, 2.05) is 6.92 Å². The van der Waals surface area contributed by atoms with Crippen LogP contribution in [0.1, 0.15) is 17.4 Å². The van der Waals surface area contributed by atoms with Crippen LogP contribution in [0.3, 0.4) is 0 Å². The Hall–Kier alpha value is -1.85. The maximum atomic E-state index is 5.90. The quantitative estimate of drug-likeness (QED) is 0.927. The van der Waals surface area contributed by atoms with Gasteiger partial charge in [0.25, 0.3) is 0 Å². The minimum atomic E-state index is -0.446. The van der Waals surface area contributed by atoms with E-state index >= 15 is 0 Å². The van der Waals surface area contributed by atoms with Crippen LogP contribution >= 0.6 is 11.3 Å². The second kappa shape index (κ2) is 5.16. The van der Waals surface area contributed by atoms with Crippen molar-refractivity contribution in [3.63, 3.8) is 0 Å². The maximum Gasteiger partial charge on any atom is 0.216 e. The van der Waals surface area contributed by atoms with Crippen LogP contribution in [0.2, 0.25) is 0 Å². The summed E-state index contributed by atoms with van der Waals surface area (Å²) in [5, 5.41) is 1.51. The van der Waals surface area contributed by atoms with E-state index in [1.54, 1.807) is 18.4 Å². The van der Waals surface area contributed by atoms with Gasteiger partial charge in [-0.3, -0.25) is 4.84 Å². The molecule has 4 nitrogen and oxygen atoms in total. The highest BCUT2D eigenvalue weighted by molar-refractivity contribution is 7.15. The van der Waals surface area contributed by atoms with Crippen LogP contribution in [0, 0.1) is 6.92 Å². The third-order valence-corrected chi connectivity index (χ3v) is 4.78. The number of thiophene rings is 1. The van der Waals surface area contributed by atoms with Crippen molar-refractivity contribution in [2.75, 3.05) is 13.7 Å². The van der Waals surface area contributed by atoms with Gasteiger partial charge in [0.1, 0.15) is 12.1 Å². The summed E-state index contributed by atoms with van der Waals surface area (Å²) in [5.74, 6) is 0.404. The van der Waals surface area contributed by atoms with Crippen molar-refractivity contribution < 1.29 is 4.84 Å². The standard InChI is InChI=1S/C16H19N3OS/c1-11-7-8-14(21-11)12-5-4-6-13(9-12)16(2)10-20-19(3)15(17)18-16/h4-9H,10H2,1-3H3,(H2,17,18). The van der Waals surface area contributed by atoms with Crippen molar-refractivity contribution in [3.05, 3.63) is 46.8 Å². The summed E-state index contributed by atoms with van der Waals surface area (Å²) in [6.45, 7) is 4.65. The molecule has 1 aromatic heterocycles. The second-order valence-corrected chi connectivity index (χ2v) is 6.79. The van der Waals surface area contributed by atoms with Crippen molar-refractivity contribution in [1.82, 2.24) is 5.06 Å². The zero-order valence-electron chi connectivity index (χ0n) is 12.5. The van der Waals surface area contributed by atoms with Gasteiger partial charge in [0.2, 0.25) is 5.96 Å². The molecule has 1 aliphatic rings. The summed E-state index contributed by atoms with van der Waals surface area (Å²) in [5.41, 5.74) is 7.77. The molecule has 0 saturated carbocycles. The third-order valence-electron chi connectivity index (χ3n) is 3.73. The fraction of sp³-hybridized carbons (Fsp3) is 0.312. The fourth-order valence-corrected chi connectivity index (χ4v) is 3.25. The minimum Gasteiger partial charge on any atom is -0.368 e. The zero-order valence-corrected chi connectivity index (χ0v) is 13.3. The molecule has 110 valence electrons. The molecule has 0 fully saturated rings. The molecule has 0 spiro atoms. The number of hydroxylamine groups is 2. The summed E-state index contributed by atoms with van der Waals surface area (Å²) in [7, 11) is 1.77. The first-order chi connectivity index (χ1) is 9.98. The van der Waals surface area contributed by atoms with E-state index in [9.17, 15) is 0 Å². The number of rotatable bonds is 2. The Balaban J connectivity index is 2.00. The van der Waals surface area contributed by atoms with Gasteiger partial charge >= 0.3 is 0 Å². The first-order valence-electron chi connectivity index (χ1n) is 6.87. The number of hydrogen-bond acceptors (Lipinski definition) is 5. The molecule has 1 unspecified atom stereocenters. The lowest BCUT2D eigenvalue weighted by Gasteiger charge is -2.34. The molecule has 0 amide bonds. The summed E-state index contributed by atoms with van der Waals surface area (Å²) < 4.78 is 0. The molecule has 21 heavy (non-hydrogen) atoms. The van der Waals surface area contributed by atoms with Gasteiger partial charge in [0, 0.05) is 16.8 Å². The van der Waals surface area contributed by atoms with Gasteiger partial charge in [-0.05, 0) is 43.2 Å². The average molecular weight is 301 g/mol. The molecule has 1 aromatic carbocycles. The van der Waals surface area contributed by atoms with E-state index in [2.05, 4.69) is 48.3 Å². The number of guanidine groups is 1. The van der Waals surface area contributed by atoms with Crippen LogP contribution < -0.4 is 5.73 Å². The van der Waals surface area contributed by atoms with Crippen molar-refractivity contribution in [2.24, 2.45) is 10.7 Å². The molecular weight excluding hydrogens is 282 g/mol. The second-order valence-electron chi connectivity index (χ2n) is 5.51. The van der Waals surface area contributed by atoms with Crippen molar-refractivity contribution >= 4 is 17.3 Å². The van der Waals surface area contributed by atoms with Crippen molar-refractivity contribution in [2.45, 2.75) is 19.4 Å². The lowest BCUT2D eigenvalue weighted by atomic mass is 9.91. The number of hydrogen-bond donors (Lipinski definition) is 1. The number of benzene rings is 1. The largest absolute Gasteiger partial charge is 0.368 e. The Labute approximate surface area is 128 Å². The van der Waals surface area contributed by atoms with Gasteiger partial charge in [-0.15, -0.1) is 11.3 Å². The highest BCUT2D eigenvalue weighted by Crippen LogP contribution is 2.34. The summed E-state index contributed by atoms with van der Waals surface area (Å²) >= 11 is 1.80. The molecule has 3 rings (SSSR count). The monoisotopic (exact) mass is 301 g/mol. The lowest BCUT2D eigenvalue weighted by molar-refractivity contribution is -0.113. The Morgan fingerprint density at radius 2 is 2.14 bits per heavy atom. The van der Waals surface area contributed by atoms with E-state index in [0.29, 0.717) is 12.6 Å². The molecule has 0 radical (unpaired) electrons. The van der Waals surface area contributed by atoms with Crippen molar-refractivity contribution in [3.8, 4) is 10.4 Å². The SMILES string of the molecule is Cc1ccc(-c2cccc(C3(C)CON(C)C(N)=N3)c2)s1. The average Bonchev–Trinajstić information content (AvgIpc) is 2.90. The molecule has 0 aliphatic carbocycles. The number of aliphatic imine (C=N–C) groups is 1. The molecule has 1 atom stereocenters. The van der Waals surface area contributed by atoms with Gasteiger partial charge in [0.05, 0.1) is 0 Å². The number of nitrogens with zero attached hydrogens (tertiary/aromatic N) is 2. The number of nitrogens with two attached hydrogens (primary N) is 1. The van der Waals surface area contributed by atoms with Gasteiger partial charge < -0.3 is 5.73 Å². The van der Waals surface area contributed by atoms with Gasteiger partial charge in [-0.1, -0.05) is 18.2 Å². The first-order valence-corrected chi connectivity index (χ1v) is 7.69.